The van der Waals surface area contributed by atoms with Crippen molar-refractivity contribution in [2.75, 3.05) is 4.90 Å². The van der Waals surface area contributed by atoms with Gasteiger partial charge in [-0.05, 0) is 88.6 Å². The van der Waals surface area contributed by atoms with Gasteiger partial charge in [-0.3, -0.25) is 0 Å². The zero-order valence-electron chi connectivity index (χ0n) is 56.4. The molecule has 8 aromatic rings. The molecule has 0 saturated heterocycles. The maximum absolute atomic E-state index is 9.52. The van der Waals surface area contributed by atoms with Crippen LogP contribution in [-0.2, 0) is 0 Å². The number of benzene rings is 7. The van der Waals surface area contributed by atoms with Crippen molar-refractivity contribution in [2.45, 2.75) is 6.85 Å². The van der Waals surface area contributed by atoms with Crippen molar-refractivity contribution in [2.24, 2.45) is 0 Å². The van der Waals surface area contributed by atoms with E-state index in [-0.39, 0.29) is 4.90 Å². The van der Waals surface area contributed by atoms with E-state index in [1.54, 1.807) is 0 Å². The lowest BCUT2D eigenvalue weighted by molar-refractivity contribution is 0.629. The summed E-state index contributed by atoms with van der Waals surface area (Å²) in [4.78, 5) is 0.232. The second-order valence-electron chi connectivity index (χ2n) is 9.27. The zero-order chi connectivity index (χ0) is 60.2. The molecule has 1 aromatic heterocycles. The summed E-state index contributed by atoms with van der Waals surface area (Å²) in [5.41, 5.74) is -12.1. The van der Waals surface area contributed by atoms with E-state index >= 15 is 0 Å². The average molecular weight is 637 g/mol. The quantitative estimate of drug-likeness (QED) is 0.173. The molecule has 0 fully saturated rings. The fourth-order valence-electron chi connectivity index (χ4n) is 4.29. The lowest BCUT2D eigenvalue weighted by Crippen LogP contribution is -2.09. The molecule has 0 aliphatic carbocycles. The van der Waals surface area contributed by atoms with Gasteiger partial charge in [0.15, 0.2) is 0 Å². The van der Waals surface area contributed by atoms with E-state index in [0.29, 0.717) is 0 Å². The number of nitrogens with zero attached hydrogens (tertiary/aromatic N) is 1. The van der Waals surface area contributed by atoms with Crippen LogP contribution in [0.5, 0.6) is 0 Å². The lowest BCUT2D eigenvalue weighted by Gasteiger charge is -2.26. The zero-order valence-corrected chi connectivity index (χ0v) is 23.4. The highest BCUT2D eigenvalue weighted by atomic mass is 16.3. The van der Waals surface area contributed by atoms with Crippen LogP contribution in [0.3, 0.4) is 0 Å². The highest BCUT2D eigenvalue weighted by molar-refractivity contribution is 5.88. The summed E-state index contributed by atoms with van der Waals surface area (Å²) in [6.07, 6.45) is 0. The fraction of sp³-hybridized carbons (Fsp3) is 0.0222. The monoisotopic (exact) mass is 636 g/mol. The van der Waals surface area contributed by atoms with Crippen LogP contribution in [0.1, 0.15) is 50.8 Å². The Morgan fingerprint density at radius 1 is 0.426 bits per heavy atom. The van der Waals surface area contributed by atoms with Crippen LogP contribution in [0.4, 0.5) is 17.1 Å². The number of anilines is 3. The van der Waals surface area contributed by atoms with Crippen molar-refractivity contribution >= 4 is 28.0 Å². The predicted molar refractivity (Wildman–Crippen MR) is 197 cm³/mol. The van der Waals surface area contributed by atoms with E-state index in [1.807, 2.05) is 0 Å². The lowest BCUT2D eigenvalue weighted by atomic mass is 9.99. The van der Waals surface area contributed by atoms with Crippen molar-refractivity contribution in [3.8, 4) is 44.7 Å². The van der Waals surface area contributed by atoms with Gasteiger partial charge in [-0.15, -0.1) is 0 Å². The molecule has 0 spiro atoms. The molecule has 7 aromatic carbocycles. The predicted octanol–water partition coefficient (Wildman–Crippen LogP) is 12.9. The molecule has 0 radical (unpaired) electrons. The maximum atomic E-state index is 9.52. The highest BCUT2D eigenvalue weighted by Gasteiger charge is 2.15. The Labute approximate surface area is 322 Å². The molecule has 0 atom stereocenters. The Kier molecular flexibility index (Phi) is 2.61. The molecule has 0 N–H and O–H groups in total. The Morgan fingerprint density at radius 2 is 0.851 bits per heavy atom. The van der Waals surface area contributed by atoms with E-state index < -0.39 is 266 Å². The Balaban J connectivity index is 1.53. The summed E-state index contributed by atoms with van der Waals surface area (Å²) in [6, 6.07) is -33.4. The van der Waals surface area contributed by atoms with Crippen molar-refractivity contribution in [1.29, 1.82) is 0 Å². The average Bonchev–Trinajstić information content (AvgIpc) is 4.02. The van der Waals surface area contributed by atoms with Gasteiger partial charge >= 0.3 is 0 Å². The molecule has 2 nitrogen and oxygen atoms in total. The van der Waals surface area contributed by atoms with E-state index in [9.17, 15) is 12.3 Å². The number of para-hydroxylation sites is 1. The van der Waals surface area contributed by atoms with E-state index in [0.717, 1.165) is 0 Å². The van der Waals surface area contributed by atoms with Gasteiger partial charge in [0.25, 0.3) is 0 Å². The van der Waals surface area contributed by atoms with Crippen LogP contribution in [0.25, 0.3) is 55.7 Å². The van der Waals surface area contributed by atoms with Gasteiger partial charge in [0.05, 0.1) is 41.1 Å². The molecule has 0 unspecified atom stereocenters. The van der Waals surface area contributed by atoms with Gasteiger partial charge < -0.3 is 9.32 Å². The van der Waals surface area contributed by atoms with Crippen molar-refractivity contribution in [3.05, 3.63) is 187 Å². The SMILES string of the molecule is [2H]c1c([2H])c([2H])c(-c2c([2H])c([2H])c(N(c3c([2H])c([2H])c(-c4c([2H])c([2H])c([2H])c([2H])c4[2H])c([2H])c3[2H])c3c([2H])c([2H])c(-c4c([2H])c([2H])c([2H])c(-c5oc6c([2H])c([2H])c([2H])c([2H])c6c5C([2H])([2H])[2H])c4[2H])c([2H])c3[2H])c([2H])c2[2H])c([2H])c1[2H]. The molecular weight excluding hydrogens is 571 g/mol. The molecule has 0 amide bonds. The van der Waals surface area contributed by atoms with Crippen LogP contribution in [-0.4, -0.2) is 0 Å². The summed E-state index contributed by atoms with van der Waals surface area (Å²) in [5.74, 6) is -0.999. The number of furan rings is 1. The van der Waals surface area contributed by atoms with Crippen molar-refractivity contribution in [3.63, 3.8) is 0 Å². The molecule has 0 aliphatic heterocycles. The van der Waals surface area contributed by atoms with E-state index in [2.05, 4.69) is 0 Å². The summed E-state index contributed by atoms with van der Waals surface area (Å²) in [7, 11) is 0. The minimum atomic E-state index is -3.37. The van der Waals surface area contributed by atoms with Crippen molar-refractivity contribution < 1.29 is 49.7 Å². The van der Waals surface area contributed by atoms with Gasteiger partial charge in [-0.1, -0.05) is 133 Å². The molecule has 47 heavy (non-hydrogen) atoms. The first kappa shape index (κ1) is 9.94. The third kappa shape index (κ3) is 5.62. The van der Waals surface area contributed by atoms with Gasteiger partial charge in [0.2, 0.25) is 0 Å². The van der Waals surface area contributed by atoms with Gasteiger partial charge in [-0.25, -0.2) is 0 Å². The molecule has 0 aliphatic rings. The largest absolute Gasteiger partial charge is 0.456 e. The third-order valence-electron chi connectivity index (χ3n) is 6.44. The molecule has 0 saturated carbocycles. The van der Waals surface area contributed by atoms with Gasteiger partial charge in [0.1, 0.15) is 11.3 Å². The third-order valence-corrected chi connectivity index (χ3v) is 6.44. The first-order valence-corrected chi connectivity index (χ1v) is 13.3. The van der Waals surface area contributed by atoms with Crippen LogP contribution in [0.2, 0.25) is 0 Å². The molecule has 2 heteroatoms. The maximum Gasteiger partial charge on any atom is 0.138 e. The minimum absolute atomic E-state index is 0.232. The summed E-state index contributed by atoms with van der Waals surface area (Å²) in [6.45, 7) is -3.37. The van der Waals surface area contributed by atoms with Crippen LogP contribution >= 0.6 is 0 Å². The topological polar surface area (TPSA) is 16.4 Å². The summed E-state index contributed by atoms with van der Waals surface area (Å²) in [5, 5.41) is -0.715. The standard InChI is InChI=1S/C45H33NO/c1-32-43-17-8-9-18-44(43)47-45(32)39-16-10-15-38(31-39)37-23-29-42(30-24-37)46(40-25-19-35(20-26-40)33-11-4-2-5-12-33)41-27-21-36(22-28-41)34-13-6-3-7-14-34/h2-31H,1H3/i1D3,2D,3D,4D,5D,6D,7D,8D,9D,10D,11D,12D,13D,14D,15D,16D,17D,18D,19D,20D,21D,22D,23D,24D,25D,26D,27D,28D,29D,30D,31D. The molecule has 224 valence electrons. The number of hydrogen-bond donors (Lipinski definition) is 0. The smallest absolute Gasteiger partial charge is 0.138 e. The van der Waals surface area contributed by atoms with Gasteiger partial charge in [-0.2, -0.15) is 0 Å². The number of fused-ring (bicyclic) bond motifs is 1. The second kappa shape index (κ2) is 12.3. The van der Waals surface area contributed by atoms with Crippen molar-refractivity contribution in [1.82, 2.24) is 0 Å². The Hall–Kier alpha value is -6.12. The molecule has 1 heterocycles. The first-order valence-electron chi connectivity index (χ1n) is 29.8. The van der Waals surface area contributed by atoms with Gasteiger partial charge in [0, 0.05) is 37.7 Å². The normalized spacial score (nSPS) is 21.2. The molecular formula is C45H33NO. The second-order valence-corrected chi connectivity index (χ2v) is 9.27. The summed E-state index contributed by atoms with van der Waals surface area (Å²) < 4.78 is 295. The Bertz CT molecular complexity index is 3840. The number of aryl methyl sites for hydroxylation is 1. The van der Waals surface area contributed by atoms with Crippen LogP contribution < -0.4 is 4.90 Å². The van der Waals surface area contributed by atoms with Crippen LogP contribution in [0.15, 0.2) is 186 Å². The fourth-order valence-corrected chi connectivity index (χ4v) is 4.29. The van der Waals surface area contributed by atoms with Crippen LogP contribution in [0, 0.1) is 6.85 Å². The minimum Gasteiger partial charge on any atom is -0.456 e. The first-order chi connectivity index (χ1) is 36.9. The highest BCUT2D eigenvalue weighted by Crippen LogP contribution is 2.39. The molecule has 0 bridgehead atoms. The number of hydrogen-bond acceptors (Lipinski definition) is 2. The Morgan fingerprint density at radius 3 is 1.38 bits per heavy atom. The molecule has 8 rings (SSSR count). The number of rotatable bonds is 7. The van der Waals surface area contributed by atoms with E-state index in [4.69, 9.17) is 37.3 Å². The summed E-state index contributed by atoms with van der Waals surface area (Å²) >= 11 is 0. The van der Waals surface area contributed by atoms with E-state index in [1.165, 1.54) is 0 Å².